The minimum Gasteiger partial charge on any atom is -0.406 e. The summed E-state index contributed by atoms with van der Waals surface area (Å²) in [6.45, 7) is 1.70. The zero-order valence-corrected chi connectivity index (χ0v) is 9.25. The zero-order valence-electron chi connectivity index (χ0n) is 9.25. The van der Waals surface area contributed by atoms with E-state index in [0.717, 1.165) is 0 Å². The number of hydrogen-bond acceptors (Lipinski definition) is 3. The summed E-state index contributed by atoms with van der Waals surface area (Å²) in [6, 6.07) is 7.22. The summed E-state index contributed by atoms with van der Waals surface area (Å²) in [5.41, 5.74) is 1.36. The highest BCUT2D eigenvalue weighted by Gasteiger charge is 2.31. The summed E-state index contributed by atoms with van der Waals surface area (Å²) in [7, 11) is 0. The van der Waals surface area contributed by atoms with E-state index in [9.17, 15) is 13.2 Å². The van der Waals surface area contributed by atoms with Crippen LogP contribution in [0.4, 0.5) is 13.2 Å². The highest BCUT2D eigenvalue weighted by Crippen LogP contribution is 2.27. The van der Waals surface area contributed by atoms with Crippen LogP contribution in [0.15, 0.2) is 24.3 Å². The van der Waals surface area contributed by atoms with Crippen molar-refractivity contribution in [2.45, 2.75) is 13.3 Å². The quantitative estimate of drug-likeness (QED) is 0.782. The fourth-order valence-electron chi connectivity index (χ4n) is 1.63. The number of fused-ring (bicyclic) bond motifs is 1. The van der Waals surface area contributed by atoms with Gasteiger partial charge in [0.15, 0.2) is 0 Å². The largest absolute Gasteiger partial charge is 0.573 e. The Balaban J connectivity index is 2.53. The van der Waals surface area contributed by atoms with Crippen LogP contribution in [-0.4, -0.2) is 11.3 Å². The molecule has 0 aliphatic rings. The number of rotatable bonds is 1. The van der Waals surface area contributed by atoms with Crippen molar-refractivity contribution in [3.8, 4) is 11.8 Å². The van der Waals surface area contributed by atoms with E-state index in [-0.39, 0.29) is 11.4 Å². The lowest BCUT2D eigenvalue weighted by Gasteiger charge is -2.10. The number of aryl methyl sites for hydroxylation is 1. The molecule has 1 heterocycles. The SMILES string of the molecule is Cc1cc(C#N)nc2ccc(OC(F)(F)F)cc12. The van der Waals surface area contributed by atoms with Gasteiger partial charge in [0.05, 0.1) is 5.52 Å². The highest BCUT2D eigenvalue weighted by atomic mass is 19.4. The van der Waals surface area contributed by atoms with Crippen LogP contribution >= 0.6 is 0 Å². The van der Waals surface area contributed by atoms with Crippen LogP contribution in [-0.2, 0) is 0 Å². The highest BCUT2D eigenvalue weighted by molar-refractivity contribution is 5.84. The minimum atomic E-state index is -4.72. The molecule has 0 saturated carbocycles. The summed E-state index contributed by atoms with van der Waals surface area (Å²) in [5, 5.41) is 9.27. The molecule has 0 fully saturated rings. The number of ether oxygens (including phenoxy) is 1. The number of aromatic nitrogens is 1. The van der Waals surface area contributed by atoms with Gasteiger partial charge < -0.3 is 4.74 Å². The van der Waals surface area contributed by atoms with Crippen molar-refractivity contribution < 1.29 is 17.9 Å². The predicted molar refractivity (Wildman–Crippen MR) is 57.9 cm³/mol. The first kappa shape index (κ1) is 12.2. The standard InChI is InChI=1S/C12H7F3N2O/c1-7-4-8(6-16)17-11-3-2-9(5-10(7)11)18-12(13,14)15/h2-5H,1H3. The van der Waals surface area contributed by atoms with E-state index in [4.69, 9.17) is 5.26 Å². The zero-order chi connectivity index (χ0) is 13.3. The average molecular weight is 252 g/mol. The van der Waals surface area contributed by atoms with Crippen LogP contribution in [0.1, 0.15) is 11.3 Å². The number of pyridine rings is 1. The van der Waals surface area contributed by atoms with Gasteiger partial charge in [-0.25, -0.2) is 4.98 Å². The van der Waals surface area contributed by atoms with Gasteiger partial charge in [-0.3, -0.25) is 0 Å². The Morgan fingerprint density at radius 3 is 2.61 bits per heavy atom. The lowest BCUT2D eigenvalue weighted by Crippen LogP contribution is -2.17. The number of alkyl halides is 3. The molecular formula is C12H7F3N2O. The van der Waals surface area contributed by atoms with Gasteiger partial charge in [0.25, 0.3) is 0 Å². The molecule has 2 rings (SSSR count). The molecule has 1 aromatic carbocycles. The molecule has 0 N–H and O–H groups in total. The number of nitriles is 1. The molecule has 3 nitrogen and oxygen atoms in total. The van der Waals surface area contributed by atoms with Crippen molar-refractivity contribution in [3.63, 3.8) is 0 Å². The topological polar surface area (TPSA) is 45.9 Å². The first-order chi connectivity index (χ1) is 8.39. The minimum absolute atomic E-state index is 0.226. The summed E-state index contributed by atoms with van der Waals surface area (Å²) in [5.74, 6) is -0.301. The van der Waals surface area contributed by atoms with Gasteiger partial charge in [-0.1, -0.05) is 0 Å². The van der Waals surface area contributed by atoms with E-state index in [0.29, 0.717) is 16.5 Å². The van der Waals surface area contributed by atoms with Crippen molar-refractivity contribution in [2.24, 2.45) is 0 Å². The van der Waals surface area contributed by atoms with Crippen molar-refractivity contribution in [1.29, 1.82) is 5.26 Å². The van der Waals surface area contributed by atoms with E-state index in [1.165, 1.54) is 24.3 Å². The van der Waals surface area contributed by atoms with Crippen LogP contribution < -0.4 is 4.74 Å². The summed E-state index contributed by atoms with van der Waals surface area (Å²) in [4.78, 5) is 3.99. The van der Waals surface area contributed by atoms with Crippen molar-refractivity contribution in [2.75, 3.05) is 0 Å². The molecule has 0 aliphatic heterocycles. The molecule has 0 unspecified atom stereocenters. The third kappa shape index (κ3) is 2.51. The lowest BCUT2D eigenvalue weighted by molar-refractivity contribution is -0.274. The van der Waals surface area contributed by atoms with Gasteiger partial charge >= 0.3 is 6.36 Å². The second-order valence-corrected chi connectivity index (χ2v) is 3.66. The van der Waals surface area contributed by atoms with E-state index in [1.807, 2.05) is 6.07 Å². The van der Waals surface area contributed by atoms with Gasteiger partial charge in [0.2, 0.25) is 0 Å². The molecule has 0 bridgehead atoms. The van der Waals surface area contributed by atoms with E-state index >= 15 is 0 Å². The molecule has 0 saturated heterocycles. The number of benzene rings is 1. The second-order valence-electron chi connectivity index (χ2n) is 3.66. The van der Waals surface area contributed by atoms with Gasteiger partial charge in [0.1, 0.15) is 17.5 Å². The Morgan fingerprint density at radius 1 is 1.28 bits per heavy atom. The molecule has 0 atom stereocenters. The third-order valence-electron chi connectivity index (χ3n) is 2.34. The maximum Gasteiger partial charge on any atom is 0.573 e. The van der Waals surface area contributed by atoms with Crippen LogP contribution in [0.3, 0.4) is 0 Å². The first-order valence-electron chi connectivity index (χ1n) is 4.96. The van der Waals surface area contributed by atoms with E-state index < -0.39 is 6.36 Å². The van der Waals surface area contributed by atoms with Crippen molar-refractivity contribution >= 4 is 10.9 Å². The fourth-order valence-corrected chi connectivity index (χ4v) is 1.63. The molecule has 1 aromatic heterocycles. The molecule has 0 spiro atoms. The van der Waals surface area contributed by atoms with Gasteiger partial charge in [-0.2, -0.15) is 5.26 Å². The Labute approximate surface area is 100 Å². The van der Waals surface area contributed by atoms with Crippen LogP contribution in [0.25, 0.3) is 10.9 Å². The lowest BCUT2D eigenvalue weighted by atomic mass is 10.1. The monoisotopic (exact) mass is 252 g/mol. The molecule has 18 heavy (non-hydrogen) atoms. The Hall–Kier alpha value is -2.29. The summed E-state index contributed by atoms with van der Waals surface area (Å²) < 4.78 is 40.1. The van der Waals surface area contributed by atoms with Gasteiger partial charge in [-0.15, -0.1) is 13.2 Å². The normalized spacial score (nSPS) is 11.3. The van der Waals surface area contributed by atoms with Crippen LogP contribution in [0, 0.1) is 18.3 Å². The van der Waals surface area contributed by atoms with Crippen LogP contribution in [0.2, 0.25) is 0 Å². The Kier molecular flexibility index (Phi) is 2.83. The second kappa shape index (κ2) is 4.18. The average Bonchev–Trinajstić information content (AvgIpc) is 2.27. The molecule has 2 aromatic rings. The van der Waals surface area contributed by atoms with Gasteiger partial charge in [-0.05, 0) is 36.8 Å². The van der Waals surface area contributed by atoms with Crippen LogP contribution in [0.5, 0.6) is 5.75 Å². The van der Waals surface area contributed by atoms with Crippen molar-refractivity contribution in [1.82, 2.24) is 4.98 Å². The van der Waals surface area contributed by atoms with Gasteiger partial charge in [0, 0.05) is 5.39 Å². The number of hydrogen-bond donors (Lipinski definition) is 0. The smallest absolute Gasteiger partial charge is 0.406 e. The first-order valence-corrected chi connectivity index (χ1v) is 4.96. The molecule has 0 radical (unpaired) electrons. The van der Waals surface area contributed by atoms with Crippen molar-refractivity contribution in [3.05, 3.63) is 35.5 Å². The maximum absolute atomic E-state index is 12.1. The maximum atomic E-state index is 12.1. The Bertz CT molecular complexity index is 644. The molecule has 92 valence electrons. The number of nitrogens with zero attached hydrogens (tertiary/aromatic N) is 2. The molecular weight excluding hydrogens is 245 g/mol. The summed E-state index contributed by atoms with van der Waals surface area (Å²) in [6.07, 6.45) is -4.72. The third-order valence-corrected chi connectivity index (χ3v) is 2.34. The Morgan fingerprint density at radius 2 is 2.00 bits per heavy atom. The molecule has 0 amide bonds. The predicted octanol–water partition coefficient (Wildman–Crippen LogP) is 3.31. The van der Waals surface area contributed by atoms with E-state index in [2.05, 4.69) is 9.72 Å². The van der Waals surface area contributed by atoms with E-state index in [1.54, 1.807) is 6.92 Å². The number of halogens is 3. The fraction of sp³-hybridized carbons (Fsp3) is 0.167. The summed E-state index contributed by atoms with van der Waals surface area (Å²) >= 11 is 0. The molecule has 6 heteroatoms. The molecule has 0 aliphatic carbocycles.